The fourth-order valence-corrected chi connectivity index (χ4v) is 2.96. The summed E-state index contributed by atoms with van der Waals surface area (Å²) in [6, 6.07) is 8.38. The Hall–Kier alpha value is -1.94. The lowest BCUT2D eigenvalue weighted by Gasteiger charge is -2.05. The van der Waals surface area contributed by atoms with Gasteiger partial charge in [0.15, 0.2) is 0 Å². The molecule has 4 nitrogen and oxygen atoms in total. The summed E-state index contributed by atoms with van der Waals surface area (Å²) >= 11 is 0. The van der Waals surface area contributed by atoms with E-state index in [2.05, 4.69) is 66.3 Å². The van der Waals surface area contributed by atoms with Crippen molar-refractivity contribution >= 4 is 5.57 Å². The maximum Gasteiger partial charge on any atom is 0.231 e. The molecule has 1 unspecified atom stereocenters. The summed E-state index contributed by atoms with van der Waals surface area (Å²) in [6.45, 7) is 6.39. The topological polar surface area (TPSA) is 42.2 Å². The molecule has 2 heterocycles. The van der Waals surface area contributed by atoms with Gasteiger partial charge in [-0.1, -0.05) is 42.4 Å². The maximum atomic E-state index is 5.47. The summed E-state index contributed by atoms with van der Waals surface area (Å²) < 4.78 is 5.47. The Morgan fingerprint density at radius 1 is 1.36 bits per heavy atom. The van der Waals surface area contributed by atoms with Gasteiger partial charge in [-0.2, -0.15) is 4.98 Å². The molecule has 1 aliphatic rings. The third-order valence-corrected chi connectivity index (χ3v) is 4.29. The van der Waals surface area contributed by atoms with E-state index in [0.717, 1.165) is 37.4 Å². The first-order valence-corrected chi connectivity index (χ1v) is 7.97. The van der Waals surface area contributed by atoms with E-state index in [1.165, 1.54) is 11.1 Å². The normalized spacial score (nSPS) is 19.8. The van der Waals surface area contributed by atoms with Crippen molar-refractivity contribution in [3.8, 4) is 11.4 Å². The first-order chi connectivity index (χ1) is 10.7. The SMILES string of the molecule is CC/C=C(\C)c1ccc(-c2noc(C3CCN(C)C3)n2)cc1. The van der Waals surface area contributed by atoms with E-state index in [4.69, 9.17) is 4.52 Å². The standard InChI is InChI=1S/C18H23N3O/c1-4-5-13(2)14-6-8-15(9-7-14)17-19-18(22-20-17)16-10-11-21(3)12-16/h5-9,16H,4,10-12H2,1-3H3/b13-5+. The summed E-state index contributed by atoms with van der Waals surface area (Å²) in [5.41, 5.74) is 3.55. The highest BCUT2D eigenvalue weighted by atomic mass is 16.5. The van der Waals surface area contributed by atoms with Crippen molar-refractivity contribution in [3.05, 3.63) is 41.8 Å². The van der Waals surface area contributed by atoms with Gasteiger partial charge in [-0.25, -0.2) is 0 Å². The van der Waals surface area contributed by atoms with Gasteiger partial charge in [-0.05, 0) is 44.5 Å². The van der Waals surface area contributed by atoms with Crippen LogP contribution >= 0.6 is 0 Å². The number of rotatable bonds is 4. The number of allylic oxidation sites excluding steroid dienone is 2. The first kappa shape index (κ1) is 15.0. The molecule has 1 atom stereocenters. The Labute approximate surface area is 131 Å². The van der Waals surface area contributed by atoms with E-state index in [-0.39, 0.29) is 0 Å². The maximum absolute atomic E-state index is 5.47. The highest BCUT2D eigenvalue weighted by molar-refractivity contribution is 5.66. The number of likely N-dealkylation sites (N-methyl/N-ethyl adjacent to an activating group) is 1. The number of hydrogen-bond acceptors (Lipinski definition) is 4. The van der Waals surface area contributed by atoms with Crippen molar-refractivity contribution in [2.45, 2.75) is 32.6 Å². The molecular weight excluding hydrogens is 274 g/mol. The Bertz CT molecular complexity index is 657. The van der Waals surface area contributed by atoms with Crippen molar-refractivity contribution in [2.24, 2.45) is 0 Å². The third-order valence-electron chi connectivity index (χ3n) is 4.29. The zero-order chi connectivity index (χ0) is 15.5. The molecule has 1 aliphatic heterocycles. The lowest BCUT2D eigenvalue weighted by molar-refractivity contribution is 0.345. The third kappa shape index (κ3) is 3.12. The van der Waals surface area contributed by atoms with Crippen LogP contribution in [0.1, 0.15) is 44.1 Å². The van der Waals surface area contributed by atoms with Crippen LogP contribution < -0.4 is 0 Å². The fourth-order valence-electron chi connectivity index (χ4n) is 2.96. The zero-order valence-corrected chi connectivity index (χ0v) is 13.5. The summed E-state index contributed by atoms with van der Waals surface area (Å²) in [5.74, 6) is 1.83. The van der Waals surface area contributed by atoms with Crippen molar-refractivity contribution in [3.63, 3.8) is 0 Å². The number of aromatic nitrogens is 2. The Balaban J connectivity index is 1.77. The lowest BCUT2D eigenvalue weighted by Crippen LogP contribution is -2.13. The van der Waals surface area contributed by atoms with Crippen LogP contribution in [0.15, 0.2) is 34.9 Å². The smallest absolute Gasteiger partial charge is 0.231 e. The van der Waals surface area contributed by atoms with Crippen molar-refractivity contribution in [2.75, 3.05) is 20.1 Å². The molecule has 0 radical (unpaired) electrons. The summed E-state index contributed by atoms with van der Waals surface area (Å²) in [5, 5.41) is 4.15. The molecule has 0 amide bonds. The highest BCUT2D eigenvalue weighted by Crippen LogP contribution is 2.27. The minimum atomic E-state index is 0.375. The van der Waals surface area contributed by atoms with Gasteiger partial charge < -0.3 is 9.42 Å². The molecule has 0 spiro atoms. The first-order valence-electron chi connectivity index (χ1n) is 7.97. The van der Waals surface area contributed by atoms with Crippen LogP contribution in [0.25, 0.3) is 17.0 Å². The second kappa shape index (κ2) is 6.44. The van der Waals surface area contributed by atoms with Gasteiger partial charge >= 0.3 is 0 Å². The molecule has 1 saturated heterocycles. The van der Waals surface area contributed by atoms with Crippen LogP contribution in [0.4, 0.5) is 0 Å². The Kier molecular flexibility index (Phi) is 4.39. The van der Waals surface area contributed by atoms with Crippen LogP contribution in [0.5, 0.6) is 0 Å². The number of nitrogens with zero attached hydrogens (tertiary/aromatic N) is 3. The van der Waals surface area contributed by atoms with Gasteiger partial charge in [0.25, 0.3) is 0 Å². The molecule has 1 aromatic heterocycles. The minimum Gasteiger partial charge on any atom is -0.339 e. The summed E-state index contributed by atoms with van der Waals surface area (Å²) in [6.07, 6.45) is 4.38. The van der Waals surface area contributed by atoms with Crippen molar-refractivity contribution < 1.29 is 4.52 Å². The summed E-state index contributed by atoms with van der Waals surface area (Å²) in [7, 11) is 2.13. The van der Waals surface area contributed by atoms with Gasteiger partial charge in [-0.3, -0.25) is 0 Å². The molecule has 0 saturated carbocycles. The van der Waals surface area contributed by atoms with E-state index in [9.17, 15) is 0 Å². The van der Waals surface area contributed by atoms with Crippen molar-refractivity contribution in [1.29, 1.82) is 0 Å². The van der Waals surface area contributed by atoms with Crippen LogP contribution in [-0.4, -0.2) is 35.2 Å². The predicted octanol–water partition coefficient (Wildman–Crippen LogP) is 3.97. The van der Waals surface area contributed by atoms with Gasteiger partial charge in [0, 0.05) is 12.1 Å². The number of hydrogen-bond donors (Lipinski definition) is 0. The predicted molar refractivity (Wildman–Crippen MR) is 88.5 cm³/mol. The summed E-state index contributed by atoms with van der Waals surface area (Å²) in [4.78, 5) is 6.89. The molecule has 116 valence electrons. The van der Waals surface area contributed by atoms with Crippen LogP contribution in [0, 0.1) is 0 Å². The molecule has 0 N–H and O–H groups in total. The molecule has 0 aliphatic carbocycles. The average molecular weight is 297 g/mol. The lowest BCUT2D eigenvalue weighted by atomic mass is 10.0. The highest BCUT2D eigenvalue weighted by Gasteiger charge is 2.26. The van der Waals surface area contributed by atoms with Gasteiger partial charge in [0.2, 0.25) is 11.7 Å². The van der Waals surface area contributed by atoms with E-state index < -0.39 is 0 Å². The van der Waals surface area contributed by atoms with Crippen LogP contribution in [0.3, 0.4) is 0 Å². The van der Waals surface area contributed by atoms with Crippen LogP contribution in [0.2, 0.25) is 0 Å². The molecule has 22 heavy (non-hydrogen) atoms. The van der Waals surface area contributed by atoms with Gasteiger partial charge in [-0.15, -0.1) is 0 Å². The van der Waals surface area contributed by atoms with Gasteiger partial charge in [0.05, 0.1) is 5.92 Å². The molecular formula is C18H23N3O. The Morgan fingerprint density at radius 2 is 2.14 bits per heavy atom. The molecule has 0 bridgehead atoms. The minimum absolute atomic E-state index is 0.375. The molecule has 4 heteroatoms. The number of benzene rings is 1. The quantitative estimate of drug-likeness (QED) is 0.856. The molecule has 3 rings (SSSR count). The average Bonchev–Trinajstić information content (AvgIpc) is 3.16. The largest absolute Gasteiger partial charge is 0.339 e. The van der Waals surface area contributed by atoms with Crippen molar-refractivity contribution in [1.82, 2.24) is 15.0 Å². The fraction of sp³-hybridized carbons (Fsp3) is 0.444. The monoisotopic (exact) mass is 297 g/mol. The molecule has 1 fully saturated rings. The van der Waals surface area contributed by atoms with E-state index in [0.29, 0.717) is 11.7 Å². The zero-order valence-electron chi connectivity index (χ0n) is 13.5. The van der Waals surface area contributed by atoms with E-state index in [1.807, 2.05) is 0 Å². The Morgan fingerprint density at radius 3 is 2.77 bits per heavy atom. The van der Waals surface area contributed by atoms with Crippen LogP contribution in [-0.2, 0) is 0 Å². The molecule has 2 aromatic rings. The van der Waals surface area contributed by atoms with E-state index in [1.54, 1.807) is 0 Å². The van der Waals surface area contributed by atoms with Gasteiger partial charge in [0.1, 0.15) is 0 Å². The second-order valence-electron chi connectivity index (χ2n) is 6.08. The number of likely N-dealkylation sites (tertiary alicyclic amines) is 1. The molecule has 1 aromatic carbocycles. The second-order valence-corrected chi connectivity index (χ2v) is 6.08. The van der Waals surface area contributed by atoms with E-state index >= 15 is 0 Å².